The minimum Gasteiger partial charge on any atom is -0.376 e. The summed E-state index contributed by atoms with van der Waals surface area (Å²) in [6, 6.07) is 8.01. The number of hydrogen-bond donors (Lipinski definition) is 1. The highest BCUT2D eigenvalue weighted by atomic mass is 16.5. The maximum atomic E-state index is 12.8. The van der Waals surface area contributed by atoms with Crippen LogP contribution < -0.4 is 10.2 Å². The Morgan fingerprint density at radius 1 is 1.37 bits per heavy atom. The Morgan fingerprint density at radius 2 is 2.20 bits per heavy atom. The van der Waals surface area contributed by atoms with Crippen LogP contribution in [0.15, 0.2) is 36.7 Å². The van der Waals surface area contributed by atoms with E-state index in [4.69, 9.17) is 4.74 Å². The molecule has 2 saturated heterocycles. The van der Waals surface area contributed by atoms with Gasteiger partial charge in [0.25, 0.3) is 0 Å². The summed E-state index contributed by atoms with van der Waals surface area (Å²) in [7, 11) is 0. The number of carbonyl (C=O) groups excluding carboxylic acids is 2. The molecule has 0 spiro atoms. The van der Waals surface area contributed by atoms with Crippen LogP contribution in [0.2, 0.25) is 0 Å². The number of nitrogens with zero attached hydrogens (tertiary/aromatic N) is 3. The largest absolute Gasteiger partial charge is 0.376 e. The first-order valence-electron chi connectivity index (χ1n) is 10.9. The van der Waals surface area contributed by atoms with Crippen molar-refractivity contribution in [3.63, 3.8) is 0 Å². The number of nitrogens with one attached hydrogen (secondary N) is 1. The van der Waals surface area contributed by atoms with Crippen LogP contribution in [0.4, 0.5) is 11.4 Å². The number of hydrogen-bond acceptors (Lipinski definition) is 4. The van der Waals surface area contributed by atoms with Gasteiger partial charge in [0.1, 0.15) is 0 Å². The lowest BCUT2D eigenvalue weighted by atomic mass is 9.96. The molecule has 0 aliphatic carbocycles. The summed E-state index contributed by atoms with van der Waals surface area (Å²) >= 11 is 0. The zero-order chi connectivity index (χ0) is 21.1. The van der Waals surface area contributed by atoms with Crippen molar-refractivity contribution in [2.75, 3.05) is 23.4 Å². The van der Waals surface area contributed by atoms with Crippen LogP contribution >= 0.6 is 0 Å². The van der Waals surface area contributed by atoms with Gasteiger partial charge in [0, 0.05) is 31.5 Å². The van der Waals surface area contributed by atoms with Gasteiger partial charge in [-0.2, -0.15) is 5.10 Å². The number of rotatable bonds is 7. The summed E-state index contributed by atoms with van der Waals surface area (Å²) in [4.78, 5) is 27.3. The smallest absolute Gasteiger partial charge is 0.229 e. The maximum absolute atomic E-state index is 12.8. The number of para-hydroxylation sites is 1. The fourth-order valence-electron chi connectivity index (χ4n) is 4.26. The van der Waals surface area contributed by atoms with Gasteiger partial charge >= 0.3 is 0 Å². The van der Waals surface area contributed by atoms with Gasteiger partial charge in [-0.3, -0.25) is 14.3 Å². The van der Waals surface area contributed by atoms with Crippen molar-refractivity contribution in [3.05, 3.63) is 42.2 Å². The van der Waals surface area contributed by atoms with E-state index in [1.54, 1.807) is 15.8 Å². The van der Waals surface area contributed by atoms with E-state index in [0.717, 1.165) is 37.1 Å². The minimum absolute atomic E-state index is 0.0000182. The van der Waals surface area contributed by atoms with Crippen molar-refractivity contribution in [1.82, 2.24) is 9.78 Å². The van der Waals surface area contributed by atoms with Gasteiger partial charge in [-0.1, -0.05) is 32.0 Å². The Labute approximate surface area is 177 Å². The Kier molecular flexibility index (Phi) is 6.18. The quantitative estimate of drug-likeness (QED) is 0.757. The lowest BCUT2D eigenvalue weighted by molar-refractivity contribution is -0.122. The molecule has 2 amide bonds. The molecular formula is C23H30N4O3. The molecule has 3 unspecified atom stereocenters. The van der Waals surface area contributed by atoms with Crippen LogP contribution in [0.5, 0.6) is 0 Å². The molecule has 1 N–H and O–H groups in total. The first kappa shape index (κ1) is 20.6. The summed E-state index contributed by atoms with van der Waals surface area (Å²) in [6.07, 6.45) is 7.02. The predicted molar refractivity (Wildman–Crippen MR) is 115 cm³/mol. The van der Waals surface area contributed by atoms with Crippen molar-refractivity contribution in [3.8, 4) is 0 Å². The van der Waals surface area contributed by atoms with E-state index in [-0.39, 0.29) is 30.3 Å². The Morgan fingerprint density at radius 3 is 2.97 bits per heavy atom. The van der Waals surface area contributed by atoms with E-state index in [1.165, 1.54) is 0 Å². The molecule has 3 heterocycles. The number of aromatic nitrogens is 2. The highest BCUT2D eigenvalue weighted by molar-refractivity contribution is 6.03. The molecule has 4 rings (SSSR count). The van der Waals surface area contributed by atoms with Crippen molar-refractivity contribution in [2.45, 2.75) is 58.1 Å². The van der Waals surface area contributed by atoms with E-state index in [1.807, 2.05) is 24.4 Å². The van der Waals surface area contributed by atoms with Crippen LogP contribution in [0.3, 0.4) is 0 Å². The molecule has 0 radical (unpaired) electrons. The first-order chi connectivity index (χ1) is 14.5. The summed E-state index contributed by atoms with van der Waals surface area (Å²) < 4.78 is 7.44. The van der Waals surface area contributed by atoms with Gasteiger partial charge in [-0.25, -0.2) is 0 Å². The number of amides is 2. The van der Waals surface area contributed by atoms with Crippen LogP contribution in [-0.4, -0.2) is 40.9 Å². The van der Waals surface area contributed by atoms with E-state index in [9.17, 15) is 9.59 Å². The third-order valence-corrected chi connectivity index (χ3v) is 6.18. The molecule has 30 heavy (non-hydrogen) atoms. The maximum Gasteiger partial charge on any atom is 0.229 e. The standard InChI is InChI=1S/C23H30N4O3/c1-3-16(2)20-8-4-5-9-21(20)27-13-17(11-22(27)28)23(29)25-18-12-24-26(14-18)15-19-7-6-10-30-19/h4-5,8-9,12,14,16-17,19H,3,6-7,10-11,13,15H2,1-2H3,(H,25,29). The van der Waals surface area contributed by atoms with Crippen molar-refractivity contribution in [1.29, 1.82) is 0 Å². The third kappa shape index (κ3) is 4.41. The second-order valence-corrected chi connectivity index (χ2v) is 8.35. The summed E-state index contributed by atoms with van der Waals surface area (Å²) in [5.41, 5.74) is 2.74. The summed E-state index contributed by atoms with van der Waals surface area (Å²) in [5, 5.41) is 7.25. The summed E-state index contributed by atoms with van der Waals surface area (Å²) in [5.74, 6) is -0.149. The van der Waals surface area contributed by atoms with E-state index in [2.05, 4.69) is 30.3 Å². The molecule has 0 saturated carbocycles. The van der Waals surface area contributed by atoms with E-state index < -0.39 is 0 Å². The topological polar surface area (TPSA) is 76.5 Å². The summed E-state index contributed by atoms with van der Waals surface area (Å²) in [6.45, 7) is 6.21. The number of benzene rings is 1. The predicted octanol–water partition coefficient (Wildman–Crippen LogP) is 3.57. The number of carbonyl (C=O) groups is 2. The zero-order valence-electron chi connectivity index (χ0n) is 17.7. The molecule has 2 aliphatic heterocycles. The van der Waals surface area contributed by atoms with E-state index >= 15 is 0 Å². The average molecular weight is 411 g/mol. The van der Waals surface area contributed by atoms with Crippen LogP contribution in [0, 0.1) is 5.92 Å². The molecule has 3 atom stereocenters. The van der Waals surface area contributed by atoms with Gasteiger partial charge in [-0.15, -0.1) is 0 Å². The van der Waals surface area contributed by atoms with Gasteiger partial charge in [0.05, 0.1) is 30.5 Å². The highest BCUT2D eigenvalue weighted by Crippen LogP contribution is 2.33. The van der Waals surface area contributed by atoms with Gasteiger partial charge in [-0.05, 0) is 36.8 Å². The SMILES string of the molecule is CCC(C)c1ccccc1N1CC(C(=O)Nc2cnn(CC3CCCO3)c2)CC1=O. The highest BCUT2D eigenvalue weighted by Gasteiger charge is 2.36. The van der Waals surface area contributed by atoms with Crippen molar-refractivity contribution in [2.24, 2.45) is 5.92 Å². The molecule has 7 heteroatoms. The fraction of sp³-hybridized carbons (Fsp3) is 0.522. The zero-order valence-corrected chi connectivity index (χ0v) is 17.7. The van der Waals surface area contributed by atoms with Crippen LogP contribution in [0.1, 0.15) is 51.0 Å². The molecule has 1 aromatic heterocycles. The van der Waals surface area contributed by atoms with Gasteiger partial charge in [0.2, 0.25) is 11.8 Å². The number of anilines is 2. The van der Waals surface area contributed by atoms with E-state index in [0.29, 0.717) is 24.7 Å². The molecule has 2 aliphatic rings. The first-order valence-corrected chi connectivity index (χ1v) is 10.9. The second kappa shape index (κ2) is 9.00. The molecule has 7 nitrogen and oxygen atoms in total. The monoisotopic (exact) mass is 410 g/mol. The molecule has 2 aromatic rings. The van der Waals surface area contributed by atoms with Gasteiger partial charge in [0.15, 0.2) is 0 Å². The Bertz CT molecular complexity index is 903. The third-order valence-electron chi connectivity index (χ3n) is 6.18. The normalized spacial score (nSPS) is 22.5. The molecular weight excluding hydrogens is 380 g/mol. The Balaban J connectivity index is 1.40. The van der Waals surface area contributed by atoms with Gasteiger partial charge < -0.3 is 15.0 Å². The van der Waals surface area contributed by atoms with Crippen LogP contribution in [0.25, 0.3) is 0 Å². The second-order valence-electron chi connectivity index (χ2n) is 8.35. The lowest BCUT2D eigenvalue weighted by Gasteiger charge is -2.23. The average Bonchev–Trinajstić information content (AvgIpc) is 3.50. The molecule has 160 valence electrons. The van der Waals surface area contributed by atoms with Crippen molar-refractivity contribution >= 4 is 23.2 Å². The Hall–Kier alpha value is -2.67. The molecule has 2 fully saturated rings. The van der Waals surface area contributed by atoms with Crippen LogP contribution in [-0.2, 0) is 20.9 Å². The number of ether oxygens (including phenoxy) is 1. The van der Waals surface area contributed by atoms with Crippen molar-refractivity contribution < 1.29 is 14.3 Å². The lowest BCUT2D eigenvalue weighted by Crippen LogP contribution is -2.29. The minimum atomic E-state index is -0.371. The molecule has 0 bridgehead atoms. The fourth-order valence-corrected chi connectivity index (χ4v) is 4.26. The molecule has 1 aromatic carbocycles.